The summed E-state index contributed by atoms with van der Waals surface area (Å²) in [5, 5.41) is 0. The van der Waals surface area contributed by atoms with Crippen LogP contribution in [0.1, 0.15) is 60.1 Å². The Hall–Kier alpha value is -2.92. The molecule has 1 aromatic heterocycles. The lowest BCUT2D eigenvalue weighted by Crippen LogP contribution is -2.51. The lowest BCUT2D eigenvalue weighted by atomic mass is 9.60. The Kier molecular flexibility index (Phi) is 5.32. The van der Waals surface area contributed by atoms with Crippen molar-refractivity contribution in [3.05, 3.63) is 82.7 Å². The van der Waals surface area contributed by atoms with Gasteiger partial charge in [-0.25, -0.2) is 9.97 Å². The van der Waals surface area contributed by atoms with Gasteiger partial charge in [0, 0.05) is 42.3 Å². The zero-order chi connectivity index (χ0) is 24.2. The Bertz CT molecular complexity index is 1230. The summed E-state index contributed by atoms with van der Waals surface area (Å²) >= 11 is 0. The van der Waals surface area contributed by atoms with E-state index in [2.05, 4.69) is 71.5 Å². The second-order valence-corrected chi connectivity index (χ2v) is 11.6. The predicted octanol–water partition coefficient (Wildman–Crippen LogP) is 5.43. The Morgan fingerprint density at radius 1 is 0.806 bits per heavy atom. The summed E-state index contributed by atoms with van der Waals surface area (Å²) in [6, 6.07) is 18.6. The second kappa shape index (κ2) is 8.58. The summed E-state index contributed by atoms with van der Waals surface area (Å²) in [5.41, 5.74) is 8.69. The van der Waals surface area contributed by atoms with E-state index in [-0.39, 0.29) is 5.41 Å². The molecule has 0 bridgehead atoms. The van der Waals surface area contributed by atoms with Gasteiger partial charge in [0.1, 0.15) is 0 Å². The number of rotatable bonds is 4. The molecule has 4 aliphatic rings. The number of aryl methyl sites for hydroxylation is 1. The fourth-order valence-electron chi connectivity index (χ4n) is 6.66. The quantitative estimate of drug-likeness (QED) is 0.498. The minimum absolute atomic E-state index is 0.196. The van der Waals surface area contributed by atoms with E-state index in [0.29, 0.717) is 5.41 Å². The van der Waals surface area contributed by atoms with Crippen molar-refractivity contribution in [1.29, 1.82) is 0 Å². The molecular formula is C31H36N4O. The Morgan fingerprint density at radius 3 is 2.11 bits per heavy atom. The van der Waals surface area contributed by atoms with Gasteiger partial charge in [-0.05, 0) is 67.9 Å². The molecule has 0 amide bonds. The summed E-state index contributed by atoms with van der Waals surface area (Å²) < 4.78 is 5.49. The van der Waals surface area contributed by atoms with Crippen LogP contribution in [0.5, 0.6) is 0 Å². The van der Waals surface area contributed by atoms with Crippen LogP contribution in [-0.2, 0) is 23.1 Å². The van der Waals surface area contributed by atoms with Gasteiger partial charge in [-0.15, -0.1) is 0 Å². The highest BCUT2D eigenvalue weighted by atomic mass is 16.5. The van der Waals surface area contributed by atoms with E-state index >= 15 is 0 Å². The van der Waals surface area contributed by atoms with Crippen LogP contribution in [0.15, 0.2) is 54.7 Å². The number of piperidine rings is 1. The molecule has 36 heavy (non-hydrogen) atoms. The molecule has 0 unspecified atom stereocenters. The van der Waals surface area contributed by atoms with Gasteiger partial charge in [0.15, 0.2) is 0 Å². The number of nitrogens with zero attached hydrogens (tertiary/aromatic N) is 4. The van der Waals surface area contributed by atoms with Crippen molar-refractivity contribution in [3.63, 3.8) is 0 Å². The topological polar surface area (TPSA) is 41.5 Å². The van der Waals surface area contributed by atoms with Gasteiger partial charge >= 0.3 is 0 Å². The van der Waals surface area contributed by atoms with E-state index in [1.165, 1.54) is 65.7 Å². The van der Waals surface area contributed by atoms with Crippen molar-refractivity contribution >= 4 is 11.6 Å². The fourth-order valence-corrected chi connectivity index (χ4v) is 6.66. The average Bonchev–Trinajstić information content (AvgIpc) is 2.88. The van der Waals surface area contributed by atoms with Crippen LogP contribution < -0.4 is 9.80 Å². The summed E-state index contributed by atoms with van der Waals surface area (Å²) in [5.74, 6) is 0.908. The maximum absolute atomic E-state index is 5.49. The van der Waals surface area contributed by atoms with Crippen LogP contribution in [0.4, 0.5) is 11.6 Å². The Balaban J connectivity index is 1.07. The van der Waals surface area contributed by atoms with Gasteiger partial charge in [0.25, 0.3) is 0 Å². The van der Waals surface area contributed by atoms with E-state index in [1.54, 1.807) is 0 Å². The molecule has 2 aromatic carbocycles. The molecule has 3 aromatic rings. The number of anilines is 2. The third kappa shape index (κ3) is 3.71. The van der Waals surface area contributed by atoms with Gasteiger partial charge in [-0.3, -0.25) is 0 Å². The highest BCUT2D eigenvalue weighted by Gasteiger charge is 2.42. The Morgan fingerprint density at radius 2 is 1.50 bits per heavy atom. The highest BCUT2D eigenvalue weighted by molar-refractivity contribution is 5.53. The minimum Gasteiger partial charge on any atom is -0.380 e. The van der Waals surface area contributed by atoms with E-state index in [0.717, 1.165) is 51.8 Å². The van der Waals surface area contributed by atoms with Crippen molar-refractivity contribution in [2.45, 2.75) is 57.4 Å². The standard InChI is InChI=1S/C31H36N4O/c1-23-3-5-25(6-4-23)31(12-2-13-31)26-7-9-27(10-8-26)35-16-11-24-19-32-29(33-28(24)20-35)34-17-14-30(15-18-34)21-36-22-30/h3-10,19H,2,11-18,20-22H2,1H3. The van der Waals surface area contributed by atoms with Crippen LogP contribution in [0.2, 0.25) is 0 Å². The zero-order valence-electron chi connectivity index (χ0n) is 21.4. The van der Waals surface area contributed by atoms with Gasteiger partial charge in [0.05, 0.1) is 25.5 Å². The van der Waals surface area contributed by atoms with E-state index in [9.17, 15) is 0 Å². The average molecular weight is 481 g/mol. The molecule has 4 heterocycles. The molecule has 5 nitrogen and oxygen atoms in total. The third-order valence-corrected chi connectivity index (χ3v) is 9.45. The molecule has 1 saturated carbocycles. The summed E-state index contributed by atoms with van der Waals surface area (Å²) in [7, 11) is 0. The molecule has 2 saturated heterocycles. The van der Waals surface area contributed by atoms with E-state index in [4.69, 9.17) is 14.7 Å². The van der Waals surface area contributed by atoms with Crippen LogP contribution in [0.3, 0.4) is 0 Å². The molecule has 3 aliphatic heterocycles. The van der Waals surface area contributed by atoms with Gasteiger partial charge in [-0.1, -0.05) is 48.4 Å². The summed E-state index contributed by atoms with van der Waals surface area (Å²) in [6.07, 6.45) is 9.27. The summed E-state index contributed by atoms with van der Waals surface area (Å²) in [4.78, 5) is 14.7. The first kappa shape index (κ1) is 22.3. The van der Waals surface area contributed by atoms with E-state index in [1.807, 2.05) is 0 Å². The second-order valence-electron chi connectivity index (χ2n) is 11.6. The molecule has 0 radical (unpaired) electrons. The first-order valence-electron chi connectivity index (χ1n) is 13.7. The highest BCUT2D eigenvalue weighted by Crippen LogP contribution is 2.49. The van der Waals surface area contributed by atoms with Gasteiger partial charge in [0.2, 0.25) is 5.95 Å². The molecule has 7 rings (SSSR count). The fraction of sp³-hybridized carbons (Fsp3) is 0.484. The molecule has 0 N–H and O–H groups in total. The predicted molar refractivity (Wildman–Crippen MR) is 144 cm³/mol. The molecular weight excluding hydrogens is 444 g/mol. The largest absolute Gasteiger partial charge is 0.380 e. The van der Waals surface area contributed by atoms with Crippen molar-refractivity contribution in [1.82, 2.24) is 9.97 Å². The third-order valence-electron chi connectivity index (χ3n) is 9.45. The monoisotopic (exact) mass is 480 g/mol. The minimum atomic E-state index is 0.196. The van der Waals surface area contributed by atoms with Crippen molar-refractivity contribution in [3.8, 4) is 0 Å². The molecule has 186 valence electrons. The lowest BCUT2D eigenvalue weighted by molar-refractivity contribution is -0.124. The normalized spacial score (nSPS) is 22.0. The number of ether oxygens (including phenoxy) is 1. The maximum atomic E-state index is 5.49. The first-order valence-corrected chi connectivity index (χ1v) is 13.7. The number of fused-ring (bicyclic) bond motifs is 1. The zero-order valence-corrected chi connectivity index (χ0v) is 21.4. The molecule has 1 aliphatic carbocycles. The Labute approximate surface area is 214 Å². The van der Waals surface area contributed by atoms with Gasteiger partial charge in [-0.2, -0.15) is 0 Å². The molecule has 5 heteroatoms. The van der Waals surface area contributed by atoms with E-state index < -0.39 is 0 Å². The van der Waals surface area contributed by atoms with Crippen LogP contribution in [0.25, 0.3) is 0 Å². The number of benzene rings is 2. The van der Waals surface area contributed by atoms with Gasteiger partial charge < -0.3 is 14.5 Å². The maximum Gasteiger partial charge on any atom is 0.225 e. The van der Waals surface area contributed by atoms with Crippen molar-refractivity contribution < 1.29 is 4.74 Å². The number of hydrogen-bond acceptors (Lipinski definition) is 5. The molecule has 3 fully saturated rings. The lowest BCUT2D eigenvalue weighted by Gasteiger charge is -2.47. The van der Waals surface area contributed by atoms with Crippen LogP contribution >= 0.6 is 0 Å². The molecule has 1 spiro atoms. The first-order chi connectivity index (χ1) is 17.6. The smallest absolute Gasteiger partial charge is 0.225 e. The number of aromatic nitrogens is 2. The van der Waals surface area contributed by atoms with Crippen molar-refractivity contribution in [2.24, 2.45) is 5.41 Å². The van der Waals surface area contributed by atoms with Crippen LogP contribution in [0, 0.1) is 12.3 Å². The summed E-state index contributed by atoms with van der Waals surface area (Å²) in [6.45, 7) is 8.00. The van der Waals surface area contributed by atoms with Crippen LogP contribution in [-0.4, -0.2) is 42.8 Å². The van der Waals surface area contributed by atoms with Crippen molar-refractivity contribution in [2.75, 3.05) is 42.6 Å². The molecule has 0 atom stereocenters. The SMILES string of the molecule is Cc1ccc(C2(c3ccc(N4CCc5cnc(N6CCC7(CC6)COC7)nc5C4)cc3)CCC2)cc1. The number of hydrogen-bond donors (Lipinski definition) is 0.